The molecule has 3 aromatic rings. The molecule has 0 saturated carbocycles. The van der Waals surface area contributed by atoms with Crippen molar-refractivity contribution in [2.45, 2.75) is 38.8 Å². The zero-order chi connectivity index (χ0) is 21.6. The van der Waals surface area contributed by atoms with E-state index in [4.69, 9.17) is 9.47 Å². The Morgan fingerprint density at radius 2 is 1.93 bits per heavy atom. The number of nitrogens with one attached hydrogen (secondary N) is 1. The van der Waals surface area contributed by atoms with Gasteiger partial charge in [0.15, 0.2) is 0 Å². The van der Waals surface area contributed by atoms with Gasteiger partial charge in [-0.3, -0.25) is 4.98 Å². The van der Waals surface area contributed by atoms with Crippen LogP contribution in [-0.4, -0.2) is 29.3 Å². The zero-order valence-corrected chi connectivity index (χ0v) is 19.6. The van der Waals surface area contributed by atoms with Gasteiger partial charge in [-0.15, -0.1) is 0 Å². The fourth-order valence-corrected chi connectivity index (χ4v) is 3.85. The van der Waals surface area contributed by atoms with Crippen LogP contribution in [0.5, 0.6) is 5.75 Å². The fourth-order valence-electron chi connectivity index (χ4n) is 2.84. The lowest BCUT2D eigenvalue weighted by atomic mass is 10.0. The lowest BCUT2D eigenvalue weighted by Gasteiger charge is -2.24. The van der Waals surface area contributed by atoms with E-state index in [1.54, 1.807) is 23.7 Å². The Labute approximate surface area is 189 Å². The summed E-state index contributed by atoms with van der Waals surface area (Å²) in [5.74, 6) is 0.633. The Morgan fingerprint density at radius 1 is 1.17 bits per heavy atom. The highest BCUT2D eigenvalue weighted by atomic mass is 79.9. The zero-order valence-electron chi connectivity index (χ0n) is 17.2. The van der Waals surface area contributed by atoms with Gasteiger partial charge in [0.2, 0.25) is 0 Å². The van der Waals surface area contributed by atoms with Gasteiger partial charge in [0.1, 0.15) is 18.0 Å². The molecule has 1 atom stereocenters. The van der Waals surface area contributed by atoms with E-state index < -0.39 is 11.7 Å². The predicted molar refractivity (Wildman–Crippen MR) is 124 cm³/mol. The molecule has 5 nitrogen and oxygen atoms in total. The third-order valence-electron chi connectivity index (χ3n) is 4.14. The van der Waals surface area contributed by atoms with Gasteiger partial charge in [0.05, 0.1) is 12.2 Å². The molecule has 0 aliphatic carbocycles. The number of halogens is 1. The molecule has 0 spiro atoms. The Bertz CT molecular complexity index is 953. The minimum atomic E-state index is -0.564. The standard InChI is InChI=1S/C23H25BrN2O3S/c1-23(2,3)29-22(27)26-20(14-28-21-11-19(24)12-25-13-21)10-16-4-6-17(7-5-16)18-8-9-30-15-18/h4-9,11-13,15,20H,10,14H2,1-3H3,(H,26,27). The van der Waals surface area contributed by atoms with Gasteiger partial charge in [-0.05, 0) is 82.7 Å². The van der Waals surface area contributed by atoms with Crippen LogP contribution in [0.4, 0.5) is 4.79 Å². The topological polar surface area (TPSA) is 60.5 Å². The summed E-state index contributed by atoms with van der Waals surface area (Å²) in [5.41, 5.74) is 2.92. The molecule has 0 bridgehead atoms. The second kappa shape index (κ2) is 10.1. The molecular formula is C23H25BrN2O3S. The van der Waals surface area contributed by atoms with Crippen LogP contribution in [0.1, 0.15) is 26.3 Å². The molecule has 1 unspecified atom stereocenters. The Morgan fingerprint density at radius 3 is 2.57 bits per heavy atom. The van der Waals surface area contributed by atoms with Crippen LogP contribution < -0.4 is 10.1 Å². The molecule has 1 amide bonds. The minimum Gasteiger partial charge on any atom is -0.490 e. The van der Waals surface area contributed by atoms with Crippen molar-refractivity contribution in [2.75, 3.05) is 6.61 Å². The number of hydrogen-bond donors (Lipinski definition) is 1. The first-order valence-corrected chi connectivity index (χ1v) is 11.4. The second-order valence-corrected chi connectivity index (χ2v) is 9.60. The first kappa shape index (κ1) is 22.3. The molecule has 0 aliphatic heterocycles. The van der Waals surface area contributed by atoms with Crippen molar-refractivity contribution in [2.24, 2.45) is 0 Å². The first-order valence-electron chi connectivity index (χ1n) is 9.63. The number of nitrogens with zero attached hydrogens (tertiary/aromatic N) is 1. The van der Waals surface area contributed by atoms with Crippen LogP contribution in [0.3, 0.4) is 0 Å². The van der Waals surface area contributed by atoms with Crippen molar-refractivity contribution >= 4 is 33.4 Å². The van der Waals surface area contributed by atoms with Crippen LogP contribution in [-0.2, 0) is 11.2 Å². The molecule has 30 heavy (non-hydrogen) atoms. The minimum absolute atomic E-state index is 0.258. The summed E-state index contributed by atoms with van der Waals surface area (Å²) in [6, 6.07) is 12.0. The third kappa shape index (κ3) is 7.15. The summed E-state index contributed by atoms with van der Waals surface area (Å²) in [4.78, 5) is 16.4. The quantitative estimate of drug-likeness (QED) is 0.437. The van der Waals surface area contributed by atoms with Crippen molar-refractivity contribution in [3.8, 4) is 16.9 Å². The van der Waals surface area contributed by atoms with Gasteiger partial charge in [0, 0.05) is 10.7 Å². The predicted octanol–water partition coefficient (Wildman–Crippen LogP) is 6.09. The summed E-state index contributed by atoms with van der Waals surface area (Å²) in [7, 11) is 0. The van der Waals surface area contributed by atoms with Crippen molar-refractivity contribution in [3.05, 3.63) is 69.6 Å². The van der Waals surface area contributed by atoms with Crippen LogP contribution in [0.15, 0.2) is 64.0 Å². The normalized spacial score (nSPS) is 12.3. The molecular weight excluding hydrogens is 464 g/mol. The maximum absolute atomic E-state index is 12.3. The molecule has 1 N–H and O–H groups in total. The van der Waals surface area contributed by atoms with Gasteiger partial charge in [-0.2, -0.15) is 11.3 Å². The smallest absolute Gasteiger partial charge is 0.408 e. The van der Waals surface area contributed by atoms with Gasteiger partial charge in [0.25, 0.3) is 0 Å². The van der Waals surface area contributed by atoms with E-state index in [0.29, 0.717) is 18.8 Å². The molecule has 3 rings (SSSR count). The maximum atomic E-state index is 12.3. The van der Waals surface area contributed by atoms with E-state index in [9.17, 15) is 4.79 Å². The summed E-state index contributed by atoms with van der Waals surface area (Å²) < 4.78 is 12.1. The molecule has 0 radical (unpaired) electrons. The van der Waals surface area contributed by atoms with Gasteiger partial charge < -0.3 is 14.8 Å². The number of ether oxygens (including phenoxy) is 2. The van der Waals surface area contributed by atoms with E-state index >= 15 is 0 Å². The highest BCUT2D eigenvalue weighted by Gasteiger charge is 2.20. The number of alkyl carbamates (subject to hydrolysis) is 1. The van der Waals surface area contributed by atoms with E-state index in [1.807, 2.05) is 26.8 Å². The number of benzene rings is 1. The number of hydrogen-bond acceptors (Lipinski definition) is 5. The number of pyridine rings is 1. The number of carbonyl (C=O) groups excluding carboxylic acids is 1. The summed E-state index contributed by atoms with van der Waals surface area (Å²) in [6.45, 7) is 5.82. The average molecular weight is 489 g/mol. The van der Waals surface area contributed by atoms with Crippen molar-refractivity contribution in [3.63, 3.8) is 0 Å². The Kier molecular flexibility index (Phi) is 7.50. The highest BCUT2D eigenvalue weighted by molar-refractivity contribution is 9.10. The Hall–Kier alpha value is -2.38. The molecule has 0 aliphatic rings. The van der Waals surface area contributed by atoms with Crippen LogP contribution >= 0.6 is 27.3 Å². The number of thiophene rings is 1. The summed E-state index contributed by atoms with van der Waals surface area (Å²) in [6.07, 6.45) is 3.49. The van der Waals surface area contributed by atoms with E-state index in [-0.39, 0.29) is 6.04 Å². The number of amides is 1. The Balaban J connectivity index is 1.68. The fraction of sp³-hybridized carbons (Fsp3) is 0.304. The van der Waals surface area contributed by atoms with E-state index in [0.717, 1.165) is 10.0 Å². The molecule has 158 valence electrons. The maximum Gasteiger partial charge on any atom is 0.408 e. The van der Waals surface area contributed by atoms with Gasteiger partial charge in [-0.1, -0.05) is 24.3 Å². The molecule has 0 fully saturated rings. The molecule has 2 heterocycles. The number of carbonyl (C=O) groups is 1. The summed E-state index contributed by atoms with van der Waals surface area (Å²) >= 11 is 5.07. The van der Waals surface area contributed by atoms with E-state index in [2.05, 4.69) is 67.3 Å². The second-order valence-electron chi connectivity index (χ2n) is 7.91. The third-order valence-corrected chi connectivity index (χ3v) is 5.26. The van der Waals surface area contributed by atoms with Gasteiger partial charge >= 0.3 is 6.09 Å². The summed E-state index contributed by atoms with van der Waals surface area (Å²) in [5, 5.41) is 7.13. The number of aromatic nitrogens is 1. The molecule has 1 aromatic carbocycles. The van der Waals surface area contributed by atoms with Crippen LogP contribution in [0.2, 0.25) is 0 Å². The largest absolute Gasteiger partial charge is 0.490 e. The average Bonchev–Trinajstić information content (AvgIpc) is 3.20. The SMILES string of the molecule is CC(C)(C)OC(=O)NC(COc1cncc(Br)c1)Cc1ccc(-c2ccsc2)cc1. The molecule has 0 saturated heterocycles. The monoisotopic (exact) mass is 488 g/mol. The molecule has 2 aromatic heterocycles. The molecule has 7 heteroatoms. The van der Waals surface area contributed by atoms with Gasteiger partial charge in [-0.25, -0.2) is 4.79 Å². The lowest BCUT2D eigenvalue weighted by Crippen LogP contribution is -2.43. The van der Waals surface area contributed by atoms with Crippen molar-refractivity contribution < 1.29 is 14.3 Å². The van der Waals surface area contributed by atoms with Crippen LogP contribution in [0.25, 0.3) is 11.1 Å². The lowest BCUT2D eigenvalue weighted by molar-refractivity contribution is 0.0487. The van der Waals surface area contributed by atoms with E-state index in [1.165, 1.54) is 11.1 Å². The van der Waals surface area contributed by atoms with Crippen molar-refractivity contribution in [1.29, 1.82) is 0 Å². The van der Waals surface area contributed by atoms with Crippen LogP contribution in [0, 0.1) is 0 Å². The highest BCUT2D eigenvalue weighted by Crippen LogP contribution is 2.23. The number of rotatable bonds is 7. The van der Waals surface area contributed by atoms with Crippen molar-refractivity contribution in [1.82, 2.24) is 10.3 Å². The first-order chi connectivity index (χ1) is 14.3.